The number of thiazole rings is 1. The number of rotatable bonds is 3. The van der Waals surface area contributed by atoms with Crippen LogP contribution >= 0.6 is 27.3 Å². The molecule has 78 valence electrons. The summed E-state index contributed by atoms with van der Waals surface area (Å²) in [5.74, 6) is -0.287. The first-order valence-electron chi connectivity index (χ1n) is 4.37. The Hall–Kier alpha value is -0.940. The molecule has 5 heteroatoms. The van der Waals surface area contributed by atoms with E-state index in [0.29, 0.717) is 17.5 Å². The van der Waals surface area contributed by atoms with Crippen LogP contribution in [0.2, 0.25) is 0 Å². The molecule has 0 spiro atoms. The summed E-state index contributed by atoms with van der Waals surface area (Å²) in [6.07, 6.45) is 0. The zero-order valence-corrected chi connectivity index (χ0v) is 10.2. The van der Waals surface area contributed by atoms with Gasteiger partial charge in [-0.2, -0.15) is 0 Å². The lowest BCUT2D eigenvalue weighted by atomic mass is 10.2. The lowest BCUT2D eigenvalue weighted by Crippen LogP contribution is -2.06. The lowest BCUT2D eigenvalue weighted by Gasteiger charge is -2.01. The number of carbonyl (C=O) groups excluding carboxylic acids is 1. The molecule has 0 bridgehead atoms. The third kappa shape index (κ3) is 2.35. The first kappa shape index (κ1) is 10.6. The normalized spacial score (nSPS) is 10.5. The summed E-state index contributed by atoms with van der Waals surface area (Å²) in [7, 11) is 0. The number of aromatic nitrogens is 1. The first-order chi connectivity index (χ1) is 7.31. The van der Waals surface area contributed by atoms with Crippen molar-refractivity contribution in [1.29, 1.82) is 0 Å². The van der Waals surface area contributed by atoms with E-state index < -0.39 is 0 Å². The second kappa shape index (κ2) is 4.72. The maximum atomic E-state index is 11.5. The van der Waals surface area contributed by atoms with Gasteiger partial charge in [-0.05, 0) is 18.2 Å². The zero-order valence-electron chi connectivity index (χ0n) is 7.77. The highest BCUT2D eigenvalue weighted by molar-refractivity contribution is 9.09. The van der Waals surface area contributed by atoms with Crippen LogP contribution in [0.25, 0.3) is 10.2 Å². The molecule has 0 saturated carbocycles. The van der Waals surface area contributed by atoms with Crippen LogP contribution in [0, 0.1) is 0 Å². The highest BCUT2D eigenvalue weighted by Crippen LogP contribution is 2.19. The monoisotopic (exact) mass is 285 g/mol. The van der Waals surface area contributed by atoms with Crippen LogP contribution in [0.3, 0.4) is 0 Å². The molecule has 15 heavy (non-hydrogen) atoms. The number of esters is 1. The second-order valence-electron chi connectivity index (χ2n) is 2.86. The van der Waals surface area contributed by atoms with Crippen molar-refractivity contribution in [2.45, 2.75) is 0 Å². The summed E-state index contributed by atoms with van der Waals surface area (Å²) in [4.78, 5) is 15.7. The molecule has 0 aliphatic rings. The Balaban J connectivity index is 2.23. The maximum absolute atomic E-state index is 11.5. The van der Waals surface area contributed by atoms with E-state index in [-0.39, 0.29) is 5.97 Å². The molecule has 1 aromatic heterocycles. The van der Waals surface area contributed by atoms with Gasteiger partial charge in [0, 0.05) is 5.33 Å². The largest absolute Gasteiger partial charge is 0.461 e. The SMILES string of the molecule is O=C(OCCBr)c1ccc2ncsc2c1. The predicted molar refractivity (Wildman–Crippen MR) is 63.7 cm³/mol. The Morgan fingerprint density at radius 2 is 2.40 bits per heavy atom. The predicted octanol–water partition coefficient (Wildman–Crippen LogP) is 2.85. The number of ether oxygens (including phenoxy) is 1. The molecule has 0 amide bonds. The van der Waals surface area contributed by atoms with E-state index in [0.717, 1.165) is 10.2 Å². The first-order valence-corrected chi connectivity index (χ1v) is 6.37. The Kier molecular flexibility index (Phi) is 3.33. The van der Waals surface area contributed by atoms with Crippen molar-refractivity contribution in [2.24, 2.45) is 0 Å². The highest BCUT2D eigenvalue weighted by Gasteiger charge is 2.08. The van der Waals surface area contributed by atoms with Crippen LogP contribution in [0.1, 0.15) is 10.4 Å². The summed E-state index contributed by atoms with van der Waals surface area (Å²) in [5, 5.41) is 0.654. The number of benzene rings is 1. The molecule has 0 aliphatic heterocycles. The van der Waals surface area contributed by atoms with Crippen molar-refractivity contribution in [2.75, 3.05) is 11.9 Å². The average molecular weight is 286 g/mol. The van der Waals surface area contributed by atoms with E-state index in [9.17, 15) is 4.79 Å². The number of hydrogen-bond donors (Lipinski definition) is 0. The van der Waals surface area contributed by atoms with Crippen molar-refractivity contribution in [3.63, 3.8) is 0 Å². The summed E-state index contributed by atoms with van der Waals surface area (Å²) < 4.78 is 6.00. The number of halogens is 1. The maximum Gasteiger partial charge on any atom is 0.338 e. The summed E-state index contributed by atoms with van der Waals surface area (Å²) in [6, 6.07) is 5.37. The number of nitrogens with zero attached hydrogens (tertiary/aromatic N) is 1. The van der Waals surface area contributed by atoms with E-state index in [1.807, 2.05) is 12.1 Å². The van der Waals surface area contributed by atoms with Gasteiger partial charge in [0.25, 0.3) is 0 Å². The minimum Gasteiger partial charge on any atom is -0.461 e. The number of hydrogen-bond acceptors (Lipinski definition) is 4. The van der Waals surface area contributed by atoms with Crippen LogP contribution in [0.15, 0.2) is 23.7 Å². The Morgan fingerprint density at radius 3 is 3.20 bits per heavy atom. The topological polar surface area (TPSA) is 39.2 Å². The molecule has 0 aliphatic carbocycles. The third-order valence-electron chi connectivity index (χ3n) is 1.88. The fourth-order valence-corrected chi connectivity index (χ4v) is 2.07. The molecule has 0 atom stereocenters. The van der Waals surface area contributed by atoms with Crippen molar-refractivity contribution in [1.82, 2.24) is 4.98 Å². The van der Waals surface area contributed by atoms with Gasteiger partial charge in [0.15, 0.2) is 0 Å². The Morgan fingerprint density at radius 1 is 1.53 bits per heavy atom. The molecular weight excluding hydrogens is 278 g/mol. The van der Waals surface area contributed by atoms with Crippen LogP contribution in [0.5, 0.6) is 0 Å². The van der Waals surface area contributed by atoms with E-state index in [2.05, 4.69) is 20.9 Å². The summed E-state index contributed by atoms with van der Waals surface area (Å²) in [5.41, 5.74) is 3.25. The van der Waals surface area contributed by atoms with Gasteiger partial charge in [0.05, 0.1) is 21.3 Å². The standard InChI is InChI=1S/C10H8BrNO2S/c11-3-4-14-10(13)7-1-2-8-9(5-7)15-6-12-8/h1-2,5-6H,3-4H2. The number of carbonyl (C=O) groups is 1. The van der Waals surface area contributed by atoms with Gasteiger partial charge in [-0.15, -0.1) is 11.3 Å². The molecule has 1 heterocycles. The minimum atomic E-state index is -0.287. The molecule has 0 saturated heterocycles. The van der Waals surface area contributed by atoms with Gasteiger partial charge in [-0.1, -0.05) is 15.9 Å². The minimum absolute atomic E-state index is 0.287. The van der Waals surface area contributed by atoms with Crippen molar-refractivity contribution < 1.29 is 9.53 Å². The molecular formula is C10H8BrNO2S. The van der Waals surface area contributed by atoms with Gasteiger partial charge in [-0.3, -0.25) is 0 Å². The second-order valence-corrected chi connectivity index (χ2v) is 4.54. The molecule has 0 N–H and O–H groups in total. The molecule has 0 radical (unpaired) electrons. The third-order valence-corrected chi connectivity index (χ3v) is 2.99. The van der Waals surface area contributed by atoms with Gasteiger partial charge in [0.2, 0.25) is 0 Å². The van der Waals surface area contributed by atoms with Gasteiger partial charge >= 0.3 is 5.97 Å². The van der Waals surface area contributed by atoms with Crippen molar-refractivity contribution >= 4 is 43.5 Å². The average Bonchev–Trinajstić information content (AvgIpc) is 2.72. The van der Waals surface area contributed by atoms with E-state index in [1.54, 1.807) is 11.6 Å². The van der Waals surface area contributed by atoms with Crippen LogP contribution in [-0.4, -0.2) is 22.9 Å². The van der Waals surface area contributed by atoms with Crippen LogP contribution < -0.4 is 0 Å². The fraction of sp³-hybridized carbons (Fsp3) is 0.200. The Bertz CT molecular complexity index is 483. The molecule has 2 aromatic rings. The van der Waals surface area contributed by atoms with E-state index in [4.69, 9.17) is 4.74 Å². The smallest absolute Gasteiger partial charge is 0.338 e. The number of fused-ring (bicyclic) bond motifs is 1. The van der Waals surface area contributed by atoms with Gasteiger partial charge < -0.3 is 4.74 Å². The van der Waals surface area contributed by atoms with E-state index in [1.165, 1.54) is 11.3 Å². The van der Waals surface area contributed by atoms with Gasteiger partial charge in [0.1, 0.15) is 6.61 Å². The molecule has 3 nitrogen and oxygen atoms in total. The lowest BCUT2D eigenvalue weighted by molar-refractivity contribution is 0.0531. The van der Waals surface area contributed by atoms with Crippen LogP contribution in [0.4, 0.5) is 0 Å². The number of alkyl halides is 1. The molecule has 1 aromatic carbocycles. The van der Waals surface area contributed by atoms with Crippen molar-refractivity contribution in [3.8, 4) is 0 Å². The highest BCUT2D eigenvalue weighted by atomic mass is 79.9. The zero-order chi connectivity index (χ0) is 10.7. The summed E-state index contributed by atoms with van der Waals surface area (Å²) in [6.45, 7) is 0.388. The van der Waals surface area contributed by atoms with Crippen molar-refractivity contribution in [3.05, 3.63) is 29.3 Å². The Labute approximate surface area is 99.2 Å². The fourth-order valence-electron chi connectivity index (χ4n) is 1.20. The quantitative estimate of drug-likeness (QED) is 0.643. The molecule has 0 fully saturated rings. The summed E-state index contributed by atoms with van der Waals surface area (Å²) >= 11 is 4.71. The van der Waals surface area contributed by atoms with Crippen LogP contribution in [-0.2, 0) is 4.74 Å². The van der Waals surface area contributed by atoms with E-state index >= 15 is 0 Å². The van der Waals surface area contributed by atoms with Gasteiger partial charge in [-0.25, -0.2) is 9.78 Å². The molecule has 0 unspecified atom stereocenters. The molecule has 2 rings (SSSR count).